The van der Waals surface area contributed by atoms with Crippen molar-refractivity contribution in [2.45, 2.75) is 58.5 Å². The van der Waals surface area contributed by atoms with Gasteiger partial charge in [0.1, 0.15) is 5.60 Å². The number of rotatable bonds is 4. The third-order valence-corrected chi connectivity index (χ3v) is 3.77. The molecule has 0 aromatic carbocycles. The first-order chi connectivity index (χ1) is 9.19. The topological polar surface area (TPSA) is 66.8 Å². The predicted molar refractivity (Wildman–Crippen MR) is 76.6 cm³/mol. The van der Waals surface area contributed by atoms with Gasteiger partial charge in [-0.3, -0.25) is 4.79 Å². The maximum atomic E-state index is 11.8. The number of aliphatic carboxylic acids is 1. The van der Waals surface area contributed by atoms with E-state index in [9.17, 15) is 9.59 Å². The number of amides is 1. The maximum Gasteiger partial charge on any atom is 0.410 e. The molecule has 1 saturated carbocycles. The van der Waals surface area contributed by atoms with Gasteiger partial charge in [0.2, 0.25) is 0 Å². The molecule has 1 aliphatic carbocycles. The maximum absolute atomic E-state index is 11.8. The molecule has 0 saturated heterocycles. The van der Waals surface area contributed by atoms with Gasteiger partial charge in [0.05, 0.1) is 5.92 Å². The van der Waals surface area contributed by atoms with Crippen molar-refractivity contribution in [1.29, 1.82) is 0 Å². The van der Waals surface area contributed by atoms with E-state index in [0.29, 0.717) is 12.5 Å². The molecule has 0 radical (unpaired) electrons. The quantitative estimate of drug-likeness (QED) is 0.861. The van der Waals surface area contributed by atoms with Crippen molar-refractivity contribution < 1.29 is 19.4 Å². The molecule has 1 rings (SSSR count). The third kappa shape index (κ3) is 5.80. The van der Waals surface area contributed by atoms with E-state index in [4.69, 9.17) is 9.84 Å². The van der Waals surface area contributed by atoms with Crippen LogP contribution in [0, 0.1) is 11.8 Å². The van der Waals surface area contributed by atoms with Gasteiger partial charge in [-0.15, -0.1) is 0 Å². The molecule has 1 fully saturated rings. The van der Waals surface area contributed by atoms with Gasteiger partial charge < -0.3 is 14.7 Å². The molecule has 0 aromatic rings. The minimum absolute atomic E-state index is 0.171. The lowest BCUT2D eigenvalue weighted by Crippen LogP contribution is -2.35. The lowest BCUT2D eigenvalue weighted by molar-refractivity contribution is -0.143. The fraction of sp³-hybridized carbons (Fsp3) is 0.867. The van der Waals surface area contributed by atoms with Crippen LogP contribution in [-0.4, -0.2) is 41.3 Å². The van der Waals surface area contributed by atoms with Gasteiger partial charge in [-0.1, -0.05) is 0 Å². The van der Waals surface area contributed by atoms with Crippen LogP contribution < -0.4 is 0 Å². The Hall–Kier alpha value is -1.26. The van der Waals surface area contributed by atoms with Gasteiger partial charge in [-0.05, 0) is 58.8 Å². The predicted octanol–water partition coefficient (Wildman–Crippen LogP) is 3.13. The average molecular weight is 285 g/mol. The number of ether oxygens (including phenoxy) is 1. The number of carboxylic acid groups (broad SMARTS) is 1. The summed E-state index contributed by atoms with van der Waals surface area (Å²) in [6.45, 7) is 6.22. The standard InChI is InChI=1S/C15H27NO4/c1-15(2,3)20-14(19)16(4)10-9-11-5-7-12(8-6-11)13(17)18/h11-12H,5-10H2,1-4H3,(H,17,18)/t11-,12-. The van der Waals surface area contributed by atoms with Crippen LogP contribution in [0.2, 0.25) is 0 Å². The Morgan fingerprint density at radius 1 is 1.20 bits per heavy atom. The highest BCUT2D eigenvalue weighted by Gasteiger charge is 2.26. The second kappa shape index (κ2) is 6.95. The van der Waals surface area contributed by atoms with E-state index < -0.39 is 11.6 Å². The van der Waals surface area contributed by atoms with Crippen LogP contribution in [0.5, 0.6) is 0 Å². The van der Waals surface area contributed by atoms with Crippen molar-refractivity contribution >= 4 is 12.1 Å². The summed E-state index contributed by atoms with van der Waals surface area (Å²) in [4.78, 5) is 24.3. The molecule has 0 bridgehead atoms. The fourth-order valence-electron chi connectivity index (χ4n) is 2.51. The first-order valence-corrected chi connectivity index (χ1v) is 7.36. The van der Waals surface area contributed by atoms with E-state index in [1.54, 1.807) is 11.9 Å². The van der Waals surface area contributed by atoms with E-state index in [0.717, 1.165) is 32.1 Å². The van der Waals surface area contributed by atoms with Gasteiger partial charge in [-0.25, -0.2) is 4.79 Å². The van der Waals surface area contributed by atoms with Crippen LogP contribution in [0.3, 0.4) is 0 Å². The Morgan fingerprint density at radius 3 is 2.20 bits per heavy atom. The molecule has 20 heavy (non-hydrogen) atoms. The van der Waals surface area contributed by atoms with Crippen molar-refractivity contribution in [2.75, 3.05) is 13.6 Å². The molecule has 0 unspecified atom stereocenters. The molecule has 5 nitrogen and oxygen atoms in total. The molecule has 0 spiro atoms. The van der Waals surface area contributed by atoms with Crippen molar-refractivity contribution in [3.05, 3.63) is 0 Å². The number of carboxylic acids is 1. The molecule has 1 N–H and O–H groups in total. The van der Waals surface area contributed by atoms with Gasteiger partial charge in [-0.2, -0.15) is 0 Å². The molecule has 0 aliphatic heterocycles. The number of carbonyl (C=O) groups is 2. The monoisotopic (exact) mass is 285 g/mol. The van der Waals surface area contributed by atoms with Gasteiger partial charge in [0, 0.05) is 13.6 Å². The van der Waals surface area contributed by atoms with Crippen LogP contribution in [0.1, 0.15) is 52.9 Å². The smallest absolute Gasteiger partial charge is 0.410 e. The summed E-state index contributed by atoms with van der Waals surface area (Å²) in [5.41, 5.74) is -0.467. The number of carbonyl (C=O) groups excluding carboxylic acids is 1. The average Bonchev–Trinajstić information content (AvgIpc) is 2.34. The summed E-state index contributed by atoms with van der Waals surface area (Å²) in [5, 5.41) is 8.95. The van der Waals surface area contributed by atoms with E-state index in [-0.39, 0.29) is 12.0 Å². The summed E-state index contributed by atoms with van der Waals surface area (Å²) in [6, 6.07) is 0. The Morgan fingerprint density at radius 2 is 1.75 bits per heavy atom. The van der Waals surface area contributed by atoms with Crippen molar-refractivity contribution in [2.24, 2.45) is 11.8 Å². The van der Waals surface area contributed by atoms with Crippen LogP contribution in [0.4, 0.5) is 4.79 Å². The Balaban J connectivity index is 2.27. The van der Waals surface area contributed by atoms with Crippen LogP contribution in [-0.2, 0) is 9.53 Å². The summed E-state index contributed by atoms with van der Waals surface area (Å²) < 4.78 is 5.30. The molecule has 0 aromatic heterocycles. The highest BCUT2D eigenvalue weighted by molar-refractivity contribution is 5.70. The zero-order chi connectivity index (χ0) is 15.3. The minimum atomic E-state index is -0.672. The highest BCUT2D eigenvalue weighted by atomic mass is 16.6. The first-order valence-electron chi connectivity index (χ1n) is 7.36. The second-order valence-corrected chi connectivity index (χ2v) is 6.75. The summed E-state index contributed by atoms with van der Waals surface area (Å²) in [6.07, 6.45) is 4.03. The summed E-state index contributed by atoms with van der Waals surface area (Å²) in [7, 11) is 1.75. The Kier molecular flexibility index (Phi) is 5.84. The van der Waals surface area contributed by atoms with Crippen molar-refractivity contribution in [1.82, 2.24) is 4.90 Å². The van der Waals surface area contributed by atoms with Crippen LogP contribution in [0.25, 0.3) is 0 Å². The zero-order valence-corrected chi connectivity index (χ0v) is 13.0. The van der Waals surface area contributed by atoms with Crippen molar-refractivity contribution in [3.8, 4) is 0 Å². The minimum Gasteiger partial charge on any atom is -0.481 e. The fourth-order valence-corrected chi connectivity index (χ4v) is 2.51. The van der Waals surface area contributed by atoms with Gasteiger partial charge in [0.25, 0.3) is 0 Å². The Bertz CT molecular complexity index is 340. The number of hydrogen-bond donors (Lipinski definition) is 1. The van der Waals surface area contributed by atoms with Gasteiger partial charge in [0.15, 0.2) is 0 Å². The van der Waals surface area contributed by atoms with Gasteiger partial charge >= 0.3 is 12.1 Å². The Labute approximate surface area is 121 Å². The molecular weight excluding hydrogens is 258 g/mol. The largest absolute Gasteiger partial charge is 0.481 e. The summed E-state index contributed by atoms with van der Waals surface area (Å²) >= 11 is 0. The molecule has 0 atom stereocenters. The number of nitrogens with zero attached hydrogens (tertiary/aromatic N) is 1. The molecule has 116 valence electrons. The molecular formula is C15H27NO4. The lowest BCUT2D eigenvalue weighted by atomic mass is 9.80. The normalized spacial score (nSPS) is 23.2. The molecule has 1 amide bonds. The molecule has 5 heteroatoms. The van der Waals surface area contributed by atoms with Crippen LogP contribution >= 0.6 is 0 Å². The third-order valence-electron chi connectivity index (χ3n) is 3.77. The van der Waals surface area contributed by atoms with E-state index in [1.807, 2.05) is 20.8 Å². The highest BCUT2D eigenvalue weighted by Crippen LogP contribution is 2.31. The lowest BCUT2D eigenvalue weighted by Gasteiger charge is -2.29. The second-order valence-electron chi connectivity index (χ2n) is 6.75. The number of hydrogen-bond acceptors (Lipinski definition) is 3. The van der Waals surface area contributed by atoms with Crippen LogP contribution in [0.15, 0.2) is 0 Å². The van der Waals surface area contributed by atoms with E-state index in [1.165, 1.54) is 0 Å². The zero-order valence-electron chi connectivity index (χ0n) is 13.0. The van der Waals surface area contributed by atoms with E-state index >= 15 is 0 Å². The molecule has 0 heterocycles. The SMILES string of the molecule is CN(CC[C@H]1CC[C@H](C(=O)O)CC1)C(=O)OC(C)(C)C. The first kappa shape index (κ1) is 16.8. The van der Waals surface area contributed by atoms with Crippen molar-refractivity contribution in [3.63, 3.8) is 0 Å². The summed E-state index contributed by atoms with van der Waals surface area (Å²) in [5.74, 6) is -0.320. The van der Waals surface area contributed by atoms with E-state index in [2.05, 4.69) is 0 Å². The molecule has 1 aliphatic rings.